The van der Waals surface area contributed by atoms with Gasteiger partial charge in [0.15, 0.2) is 0 Å². The lowest BCUT2D eigenvalue weighted by Crippen LogP contribution is -2.13. The van der Waals surface area contributed by atoms with Crippen LogP contribution in [-0.2, 0) is 4.74 Å². The first-order chi connectivity index (χ1) is 9.11. The molecule has 4 nitrogen and oxygen atoms in total. The first-order valence-electron chi connectivity index (χ1n) is 5.34. The van der Waals surface area contributed by atoms with Crippen LogP contribution < -0.4 is 5.32 Å². The van der Waals surface area contributed by atoms with Gasteiger partial charge in [0.25, 0.3) is 5.91 Å². The molecule has 0 bridgehead atoms. The molecule has 2 rings (SSSR count). The van der Waals surface area contributed by atoms with Crippen molar-refractivity contribution < 1.29 is 14.3 Å². The number of carbonyl (C=O) groups excluding carboxylic acids is 2. The molecule has 0 radical (unpaired) electrons. The second-order valence-electron chi connectivity index (χ2n) is 3.62. The highest BCUT2D eigenvalue weighted by Gasteiger charge is 2.16. The van der Waals surface area contributed by atoms with Gasteiger partial charge in [-0.25, -0.2) is 4.79 Å². The Hall–Kier alpha value is -1.85. The third-order valence-corrected chi connectivity index (χ3v) is 3.54. The minimum absolute atomic E-state index is 0.305. The van der Waals surface area contributed by atoms with Gasteiger partial charge in [-0.1, -0.05) is 11.6 Å². The van der Waals surface area contributed by atoms with Crippen molar-refractivity contribution >= 4 is 40.5 Å². The van der Waals surface area contributed by atoms with Gasteiger partial charge in [-0.3, -0.25) is 4.79 Å². The molecular formula is C13H10ClNO3S. The van der Waals surface area contributed by atoms with E-state index in [1.807, 2.05) is 0 Å². The highest BCUT2D eigenvalue weighted by molar-refractivity contribution is 7.12. The fourth-order valence-electron chi connectivity index (χ4n) is 1.45. The Kier molecular flexibility index (Phi) is 4.19. The van der Waals surface area contributed by atoms with Crippen molar-refractivity contribution in [2.45, 2.75) is 0 Å². The first-order valence-corrected chi connectivity index (χ1v) is 6.60. The van der Waals surface area contributed by atoms with Gasteiger partial charge in [-0.15, -0.1) is 11.3 Å². The van der Waals surface area contributed by atoms with E-state index in [1.54, 1.807) is 35.7 Å². The average Bonchev–Trinajstić information content (AvgIpc) is 2.86. The number of hydrogen-bond donors (Lipinski definition) is 1. The summed E-state index contributed by atoms with van der Waals surface area (Å²) in [6.07, 6.45) is 0. The highest BCUT2D eigenvalue weighted by Crippen LogP contribution is 2.23. The summed E-state index contributed by atoms with van der Waals surface area (Å²) in [7, 11) is 1.30. The highest BCUT2D eigenvalue weighted by atomic mass is 35.5. The molecule has 0 unspecified atom stereocenters. The molecule has 0 fully saturated rings. The number of thiophene rings is 1. The normalized spacial score (nSPS) is 10.0. The van der Waals surface area contributed by atoms with E-state index in [1.165, 1.54) is 18.4 Å². The van der Waals surface area contributed by atoms with Crippen LogP contribution in [0.15, 0.2) is 35.7 Å². The van der Waals surface area contributed by atoms with Crippen molar-refractivity contribution in [3.05, 3.63) is 51.2 Å². The summed E-state index contributed by atoms with van der Waals surface area (Å²) >= 11 is 6.96. The smallest absolute Gasteiger partial charge is 0.350 e. The zero-order valence-corrected chi connectivity index (χ0v) is 11.5. The van der Waals surface area contributed by atoms with Gasteiger partial charge in [-0.05, 0) is 35.7 Å². The number of hydrogen-bond acceptors (Lipinski definition) is 4. The molecule has 0 saturated heterocycles. The Morgan fingerprint density at radius 2 is 1.89 bits per heavy atom. The van der Waals surface area contributed by atoms with Crippen molar-refractivity contribution in [1.29, 1.82) is 0 Å². The number of esters is 1. The molecule has 19 heavy (non-hydrogen) atoms. The number of halogens is 1. The zero-order valence-electron chi connectivity index (χ0n) is 9.98. The zero-order chi connectivity index (χ0) is 13.8. The Bertz CT molecular complexity index is 607. The maximum Gasteiger partial charge on any atom is 0.350 e. The summed E-state index contributed by atoms with van der Waals surface area (Å²) in [5.74, 6) is -0.776. The van der Waals surface area contributed by atoms with Crippen LogP contribution in [0.3, 0.4) is 0 Å². The lowest BCUT2D eigenvalue weighted by atomic mass is 10.2. The topological polar surface area (TPSA) is 55.4 Å². The number of anilines is 1. The van der Waals surface area contributed by atoms with E-state index in [2.05, 4.69) is 10.1 Å². The van der Waals surface area contributed by atoms with E-state index in [0.717, 1.165) is 0 Å². The molecule has 0 aliphatic rings. The third-order valence-electron chi connectivity index (χ3n) is 2.39. The van der Waals surface area contributed by atoms with Crippen LogP contribution in [0.4, 0.5) is 5.69 Å². The van der Waals surface area contributed by atoms with E-state index in [4.69, 9.17) is 11.6 Å². The molecule has 98 valence electrons. The Morgan fingerprint density at radius 1 is 1.21 bits per heavy atom. The molecule has 1 N–H and O–H groups in total. The van der Waals surface area contributed by atoms with Crippen molar-refractivity contribution in [2.24, 2.45) is 0 Å². The number of rotatable bonds is 3. The van der Waals surface area contributed by atoms with Crippen molar-refractivity contribution in [3.8, 4) is 0 Å². The van der Waals surface area contributed by atoms with E-state index in [-0.39, 0.29) is 5.91 Å². The van der Waals surface area contributed by atoms with Gasteiger partial charge in [0.1, 0.15) is 4.88 Å². The molecule has 1 aromatic heterocycles. The molecular weight excluding hydrogens is 286 g/mol. The van der Waals surface area contributed by atoms with Crippen molar-refractivity contribution in [1.82, 2.24) is 0 Å². The second-order valence-corrected chi connectivity index (χ2v) is 4.97. The molecule has 1 amide bonds. The van der Waals surface area contributed by atoms with Gasteiger partial charge in [0.05, 0.1) is 12.8 Å². The van der Waals surface area contributed by atoms with E-state index in [0.29, 0.717) is 21.2 Å². The van der Waals surface area contributed by atoms with Crippen LogP contribution in [0.5, 0.6) is 0 Å². The van der Waals surface area contributed by atoms with Crippen LogP contribution >= 0.6 is 22.9 Å². The monoisotopic (exact) mass is 295 g/mol. The molecule has 0 atom stereocenters. The molecule has 2 aromatic rings. The lowest BCUT2D eigenvalue weighted by Gasteiger charge is -2.05. The number of methoxy groups -OCH3 is 1. The Labute approximate surface area is 119 Å². The fourth-order valence-corrected chi connectivity index (χ4v) is 2.35. The van der Waals surface area contributed by atoms with E-state index in [9.17, 15) is 9.59 Å². The first kappa shape index (κ1) is 13.6. The van der Waals surface area contributed by atoms with E-state index >= 15 is 0 Å². The summed E-state index contributed by atoms with van der Waals surface area (Å²) in [6.45, 7) is 0. The van der Waals surface area contributed by atoms with E-state index < -0.39 is 5.97 Å². The minimum atomic E-state index is -0.471. The van der Waals surface area contributed by atoms with Crippen LogP contribution in [0.25, 0.3) is 0 Å². The van der Waals surface area contributed by atoms with Crippen molar-refractivity contribution in [3.63, 3.8) is 0 Å². The molecule has 1 aromatic carbocycles. The van der Waals surface area contributed by atoms with Gasteiger partial charge < -0.3 is 10.1 Å². The number of benzene rings is 1. The predicted octanol–water partition coefficient (Wildman–Crippen LogP) is 3.44. The predicted molar refractivity (Wildman–Crippen MR) is 75.1 cm³/mol. The summed E-state index contributed by atoms with van der Waals surface area (Å²) in [6, 6.07) is 8.14. The number of amides is 1. The molecule has 6 heteroatoms. The lowest BCUT2D eigenvalue weighted by molar-refractivity contribution is 0.0607. The molecule has 0 saturated carbocycles. The summed E-state index contributed by atoms with van der Waals surface area (Å²) in [5, 5.41) is 4.94. The van der Waals surface area contributed by atoms with Crippen LogP contribution in [0.1, 0.15) is 20.0 Å². The largest absolute Gasteiger partial charge is 0.465 e. The standard InChI is InChI=1S/C13H10ClNO3S/c1-18-13(17)11-10(6-7-19-11)15-12(16)8-2-4-9(14)5-3-8/h2-7H,1H3,(H,15,16). The van der Waals surface area contributed by atoms with Gasteiger partial charge in [0, 0.05) is 10.6 Å². The summed E-state index contributed by atoms with van der Waals surface area (Å²) in [4.78, 5) is 23.8. The third kappa shape index (κ3) is 3.13. The maximum absolute atomic E-state index is 12.0. The molecule has 0 aliphatic carbocycles. The Balaban J connectivity index is 2.17. The number of ether oxygens (including phenoxy) is 1. The second kappa shape index (κ2) is 5.86. The number of carbonyl (C=O) groups is 2. The Morgan fingerprint density at radius 3 is 2.53 bits per heavy atom. The van der Waals surface area contributed by atoms with Gasteiger partial charge >= 0.3 is 5.97 Å². The molecule has 0 aliphatic heterocycles. The minimum Gasteiger partial charge on any atom is -0.465 e. The maximum atomic E-state index is 12.0. The summed E-state index contributed by atoms with van der Waals surface area (Å²) in [5.41, 5.74) is 0.906. The summed E-state index contributed by atoms with van der Waals surface area (Å²) < 4.78 is 4.64. The van der Waals surface area contributed by atoms with Gasteiger partial charge in [0.2, 0.25) is 0 Å². The molecule has 0 spiro atoms. The van der Waals surface area contributed by atoms with Crippen molar-refractivity contribution in [2.75, 3.05) is 12.4 Å². The quantitative estimate of drug-likeness (QED) is 0.883. The van der Waals surface area contributed by atoms with Crippen LogP contribution in [0.2, 0.25) is 5.02 Å². The van der Waals surface area contributed by atoms with Crippen LogP contribution in [-0.4, -0.2) is 19.0 Å². The average molecular weight is 296 g/mol. The fraction of sp³-hybridized carbons (Fsp3) is 0.0769. The molecule has 1 heterocycles. The number of nitrogens with one attached hydrogen (secondary N) is 1. The van der Waals surface area contributed by atoms with Crippen LogP contribution in [0, 0.1) is 0 Å². The SMILES string of the molecule is COC(=O)c1sccc1NC(=O)c1ccc(Cl)cc1. The van der Waals surface area contributed by atoms with Gasteiger partial charge in [-0.2, -0.15) is 0 Å².